The van der Waals surface area contributed by atoms with Crippen LogP contribution in [0.15, 0.2) is 35.5 Å². The second kappa shape index (κ2) is 5.87. The zero-order valence-electron chi connectivity index (χ0n) is 12.3. The van der Waals surface area contributed by atoms with Gasteiger partial charge in [0.2, 0.25) is 0 Å². The molecule has 1 fully saturated rings. The van der Waals surface area contributed by atoms with Crippen LogP contribution in [0.4, 0.5) is 0 Å². The van der Waals surface area contributed by atoms with E-state index >= 15 is 0 Å². The van der Waals surface area contributed by atoms with Gasteiger partial charge >= 0.3 is 0 Å². The van der Waals surface area contributed by atoms with E-state index in [4.69, 9.17) is 0 Å². The van der Waals surface area contributed by atoms with Crippen LogP contribution in [-0.4, -0.2) is 13.9 Å². The van der Waals surface area contributed by atoms with Crippen molar-refractivity contribution in [1.29, 1.82) is 0 Å². The van der Waals surface area contributed by atoms with Crippen LogP contribution < -0.4 is 0 Å². The van der Waals surface area contributed by atoms with Gasteiger partial charge in [-0.15, -0.1) is 0 Å². The molecule has 1 nitrogen and oxygen atoms in total. The highest BCUT2D eigenvalue weighted by molar-refractivity contribution is 6.83. The van der Waals surface area contributed by atoms with E-state index in [0.717, 1.165) is 19.3 Å². The Hall–Kier alpha value is -1.15. The Balaban J connectivity index is 2.31. The summed E-state index contributed by atoms with van der Waals surface area (Å²) in [7, 11) is -1.38. The third-order valence-electron chi connectivity index (χ3n) is 3.91. The predicted octanol–water partition coefficient (Wildman–Crippen LogP) is 4.71. The molecule has 1 saturated carbocycles. The topological polar surface area (TPSA) is 17.1 Å². The fourth-order valence-electron chi connectivity index (χ4n) is 2.97. The van der Waals surface area contributed by atoms with E-state index in [9.17, 15) is 4.79 Å². The van der Waals surface area contributed by atoms with Crippen LogP contribution in [0.5, 0.6) is 0 Å². The van der Waals surface area contributed by atoms with E-state index < -0.39 is 8.07 Å². The summed E-state index contributed by atoms with van der Waals surface area (Å²) in [5.74, 6) is 0.946. The molecule has 0 amide bonds. The lowest BCUT2D eigenvalue weighted by atomic mass is 9.87. The van der Waals surface area contributed by atoms with E-state index in [1.165, 1.54) is 12.0 Å². The lowest BCUT2D eigenvalue weighted by molar-refractivity contribution is -0.121. The molecule has 1 aromatic rings. The van der Waals surface area contributed by atoms with E-state index in [0.29, 0.717) is 11.7 Å². The van der Waals surface area contributed by atoms with Crippen molar-refractivity contribution in [3.8, 4) is 0 Å². The normalized spacial score (nSPS) is 21.5. The van der Waals surface area contributed by atoms with Crippen LogP contribution in [0.2, 0.25) is 19.6 Å². The Morgan fingerprint density at radius 1 is 1.21 bits per heavy atom. The Morgan fingerprint density at radius 2 is 1.89 bits per heavy atom. The fraction of sp³-hybridized carbons (Fsp3) is 0.471. The number of ketones is 1. The number of benzene rings is 1. The predicted molar refractivity (Wildman–Crippen MR) is 84.7 cm³/mol. The van der Waals surface area contributed by atoms with Gasteiger partial charge in [0.25, 0.3) is 0 Å². The van der Waals surface area contributed by atoms with Crippen LogP contribution in [-0.2, 0) is 4.79 Å². The van der Waals surface area contributed by atoms with E-state index in [-0.39, 0.29) is 0 Å². The molecule has 1 aliphatic rings. The van der Waals surface area contributed by atoms with Crippen LogP contribution in [0.1, 0.15) is 31.2 Å². The Bertz CT molecular complexity index is 468. The summed E-state index contributed by atoms with van der Waals surface area (Å²) in [6, 6.07) is 10.5. The van der Waals surface area contributed by atoms with Gasteiger partial charge in [-0.3, -0.25) is 4.79 Å². The maximum atomic E-state index is 11.7. The van der Waals surface area contributed by atoms with Gasteiger partial charge in [-0.25, -0.2) is 0 Å². The van der Waals surface area contributed by atoms with Gasteiger partial charge in [0.1, 0.15) is 5.78 Å². The summed E-state index contributed by atoms with van der Waals surface area (Å²) in [4.78, 5) is 11.7. The number of carbonyl (C=O) groups is 1. The second-order valence-electron chi connectivity index (χ2n) is 6.59. The second-order valence-corrected chi connectivity index (χ2v) is 11.7. The number of Topliss-reactive ketones (excluding diaryl/α,β-unsaturated/α-hetero) is 1. The monoisotopic (exact) mass is 272 g/mol. The van der Waals surface area contributed by atoms with Crippen molar-refractivity contribution in [2.75, 3.05) is 0 Å². The smallest absolute Gasteiger partial charge is 0.133 e. The Kier molecular flexibility index (Phi) is 4.41. The van der Waals surface area contributed by atoms with Crippen molar-refractivity contribution in [2.45, 2.75) is 45.3 Å². The molecule has 19 heavy (non-hydrogen) atoms. The third-order valence-corrected chi connectivity index (χ3v) is 6.19. The molecule has 0 aliphatic heterocycles. The maximum absolute atomic E-state index is 11.7. The van der Waals surface area contributed by atoms with Crippen molar-refractivity contribution in [2.24, 2.45) is 5.92 Å². The average Bonchev–Trinajstić information content (AvgIpc) is 2.36. The molecule has 1 aliphatic carbocycles. The van der Waals surface area contributed by atoms with Gasteiger partial charge in [-0.05, 0) is 24.3 Å². The molecule has 1 aromatic carbocycles. The highest BCUT2D eigenvalue weighted by Crippen LogP contribution is 2.34. The number of hydrogen-bond donors (Lipinski definition) is 0. The first kappa shape index (κ1) is 14.3. The minimum atomic E-state index is -1.38. The Morgan fingerprint density at radius 3 is 2.47 bits per heavy atom. The summed E-state index contributed by atoms with van der Waals surface area (Å²) in [5.41, 5.74) is 1.28. The zero-order valence-corrected chi connectivity index (χ0v) is 13.3. The lowest BCUT2D eigenvalue weighted by Crippen LogP contribution is -2.32. The molecule has 0 bridgehead atoms. The van der Waals surface area contributed by atoms with Crippen molar-refractivity contribution >= 4 is 19.9 Å². The summed E-state index contributed by atoms with van der Waals surface area (Å²) < 4.78 is 0. The third kappa shape index (κ3) is 3.90. The maximum Gasteiger partial charge on any atom is 0.133 e. The van der Waals surface area contributed by atoms with E-state index in [2.05, 4.69) is 56.0 Å². The molecule has 102 valence electrons. The van der Waals surface area contributed by atoms with Gasteiger partial charge in [0, 0.05) is 12.8 Å². The number of allylic oxidation sites excluding steroid dienone is 1. The van der Waals surface area contributed by atoms with Crippen molar-refractivity contribution in [1.82, 2.24) is 0 Å². The molecular formula is C17H24OSi. The summed E-state index contributed by atoms with van der Waals surface area (Å²) in [6.07, 6.45) is 6.17. The summed E-state index contributed by atoms with van der Waals surface area (Å²) >= 11 is 0. The number of rotatable bonds is 3. The molecule has 1 unspecified atom stereocenters. The molecule has 0 saturated heterocycles. The summed E-state index contributed by atoms with van der Waals surface area (Å²) in [5, 5.41) is 1.56. The van der Waals surface area contributed by atoms with Crippen LogP contribution in [0.3, 0.4) is 0 Å². The Labute approximate surface area is 117 Å². The number of carbonyl (C=O) groups excluding carboxylic acids is 1. The lowest BCUT2D eigenvalue weighted by Gasteiger charge is -2.31. The molecule has 0 radical (unpaired) electrons. The highest BCUT2D eigenvalue weighted by atomic mass is 28.3. The molecule has 0 N–H and O–H groups in total. The minimum Gasteiger partial charge on any atom is -0.300 e. The van der Waals surface area contributed by atoms with Gasteiger partial charge in [-0.1, -0.05) is 61.2 Å². The zero-order chi connectivity index (χ0) is 13.9. The van der Waals surface area contributed by atoms with Crippen LogP contribution >= 0.6 is 0 Å². The van der Waals surface area contributed by atoms with Gasteiger partial charge < -0.3 is 0 Å². The first-order valence-electron chi connectivity index (χ1n) is 7.25. The molecule has 2 rings (SSSR count). The molecule has 0 spiro atoms. The largest absolute Gasteiger partial charge is 0.300 e. The first-order chi connectivity index (χ1) is 8.97. The molecule has 0 aromatic heterocycles. The fourth-order valence-corrected chi connectivity index (χ4v) is 5.04. The minimum absolute atomic E-state index is 0.452. The SMILES string of the molecule is C[Si](C)(C)/C(=C\c1ccccc1)C1CCCC(=O)C1. The van der Waals surface area contributed by atoms with Gasteiger partial charge in [0.15, 0.2) is 0 Å². The molecule has 2 heteroatoms. The standard InChI is InChI=1S/C17H24OSi/c1-19(2,3)17(12-14-8-5-4-6-9-14)15-10-7-11-16(18)13-15/h4-6,8-9,12,15H,7,10-11,13H2,1-3H3/b17-12-. The van der Waals surface area contributed by atoms with Crippen LogP contribution in [0, 0.1) is 5.92 Å². The van der Waals surface area contributed by atoms with E-state index in [1.807, 2.05) is 0 Å². The molecule has 1 atom stereocenters. The van der Waals surface area contributed by atoms with Gasteiger partial charge in [-0.2, -0.15) is 0 Å². The van der Waals surface area contributed by atoms with Crippen LogP contribution in [0.25, 0.3) is 6.08 Å². The average molecular weight is 272 g/mol. The first-order valence-corrected chi connectivity index (χ1v) is 10.8. The van der Waals surface area contributed by atoms with Crippen molar-refractivity contribution in [3.05, 3.63) is 41.1 Å². The summed E-state index contributed by atoms with van der Waals surface area (Å²) in [6.45, 7) is 7.17. The highest BCUT2D eigenvalue weighted by Gasteiger charge is 2.30. The van der Waals surface area contributed by atoms with Gasteiger partial charge in [0.05, 0.1) is 8.07 Å². The number of hydrogen-bond acceptors (Lipinski definition) is 1. The molecular weight excluding hydrogens is 248 g/mol. The van der Waals surface area contributed by atoms with Crippen molar-refractivity contribution in [3.63, 3.8) is 0 Å². The molecule has 0 heterocycles. The van der Waals surface area contributed by atoms with Crippen molar-refractivity contribution < 1.29 is 4.79 Å². The quantitative estimate of drug-likeness (QED) is 0.728. The van der Waals surface area contributed by atoms with E-state index in [1.54, 1.807) is 5.20 Å².